The molecule has 1 aromatic carbocycles. The summed E-state index contributed by atoms with van der Waals surface area (Å²) in [6, 6.07) is 11.7. The predicted octanol–water partition coefficient (Wildman–Crippen LogP) is 6.44. The van der Waals surface area contributed by atoms with E-state index < -0.39 is 11.9 Å². The number of carbonyl (C=O) groups excluding carboxylic acids is 1. The number of carboxylic acid groups (broad SMARTS) is 1. The van der Waals surface area contributed by atoms with E-state index in [0.717, 1.165) is 42.1 Å². The molecule has 0 fully saturated rings. The number of aromatic nitrogens is 1. The highest BCUT2D eigenvalue weighted by atomic mass is 16.5. The van der Waals surface area contributed by atoms with Gasteiger partial charge in [0, 0.05) is 31.2 Å². The number of carbonyl (C=O) groups is 2. The molecule has 0 spiro atoms. The molecule has 42 heavy (non-hydrogen) atoms. The molecule has 1 aliphatic heterocycles. The van der Waals surface area contributed by atoms with Crippen LogP contribution in [0.25, 0.3) is 0 Å². The van der Waals surface area contributed by atoms with Gasteiger partial charge < -0.3 is 24.8 Å². The van der Waals surface area contributed by atoms with Crippen LogP contribution in [0.15, 0.2) is 42.6 Å². The number of aliphatic carboxylic acids is 1. The van der Waals surface area contributed by atoms with E-state index in [1.165, 1.54) is 0 Å². The Bertz CT molecular complexity index is 1170. The van der Waals surface area contributed by atoms with Crippen molar-refractivity contribution in [2.24, 2.45) is 22.2 Å². The summed E-state index contributed by atoms with van der Waals surface area (Å²) in [5.41, 5.74) is 1.96. The quantitative estimate of drug-likeness (QED) is 0.233. The first kappa shape index (κ1) is 33.4. The second kappa shape index (κ2) is 14.4. The summed E-state index contributed by atoms with van der Waals surface area (Å²) in [7, 11) is 0. The molecule has 0 saturated carbocycles. The molecular weight excluding hydrogens is 530 g/mol. The van der Waals surface area contributed by atoms with Gasteiger partial charge in [-0.15, -0.1) is 0 Å². The number of hydrogen-bond acceptors (Lipinski definition) is 6. The standard InChI is InChI=1S/C34H51N3O5/c1-32(2,3)21-33(4,5)23-41-24-34(6,7)22-37-20-27-18-28(42-16-10-15-36-29-11-8-9-14-35-29)13-12-25(27)17-26(31(37)40)19-30(38)39/h8-9,11-14,18,26H,10,15-17,19-24H2,1-7H3,(H,35,36)(H,38,39)/t26-/m0/s1. The fraction of sp³-hybridized carbons (Fsp3) is 0.618. The lowest BCUT2D eigenvalue weighted by Crippen LogP contribution is -2.43. The van der Waals surface area contributed by atoms with E-state index in [1.54, 1.807) is 6.20 Å². The van der Waals surface area contributed by atoms with Crippen molar-refractivity contribution in [3.05, 3.63) is 53.7 Å². The Hall–Kier alpha value is -3.13. The minimum Gasteiger partial charge on any atom is -0.494 e. The van der Waals surface area contributed by atoms with E-state index in [2.05, 4.69) is 58.8 Å². The summed E-state index contributed by atoms with van der Waals surface area (Å²) in [4.78, 5) is 31.4. The van der Waals surface area contributed by atoms with Gasteiger partial charge in [0.15, 0.2) is 0 Å². The molecular formula is C34H51N3O5. The molecule has 0 unspecified atom stereocenters. The van der Waals surface area contributed by atoms with Crippen LogP contribution in [0, 0.1) is 22.2 Å². The summed E-state index contributed by atoms with van der Waals surface area (Å²) in [6.07, 6.45) is 3.83. The lowest BCUT2D eigenvalue weighted by atomic mass is 9.77. The minimum atomic E-state index is -0.959. The monoisotopic (exact) mass is 581 g/mol. The van der Waals surface area contributed by atoms with E-state index in [9.17, 15) is 14.7 Å². The van der Waals surface area contributed by atoms with Crippen molar-refractivity contribution in [3.8, 4) is 5.75 Å². The molecule has 1 aromatic heterocycles. The third-order valence-corrected chi connectivity index (χ3v) is 7.26. The highest BCUT2D eigenvalue weighted by molar-refractivity contribution is 5.84. The van der Waals surface area contributed by atoms with Crippen molar-refractivity contribution >= 4 is 17.7 Å². The van der Waals surface area contributed by atoms with Gasteiger partial charge in [-0.3, -0.25) is 9.59 Å². The van der Waals surface area contributed by atoms with Gasteiger partial charge in [0.1, 0.15) is 11.6 Å². The number of nitrogens with one attached hydrogen (secondary N) is 1. The van der Waals surface area contributed by atoms with Crippen LogP contribution in [0.2, 0.25) is 0 Å². The number of ether oxygens (including phenoxy) is 2. The molecule has 0 aliphatic carbocycles. The molecule has 0 bridgehead atoms. The second-order valence-corrected chi connectivity index (χ2v) is 14.5. The van der Waals surface area contributed by atoms with Gasteiger partial charge >= 0.3 is 5.97 Å². The molecule has 1 aliphatic rings. The molecule has 1 atom stereocenters. The van der Waals surface area contributed by atoms with Crippen molar-refractivity contribution in [3.63, 3.8) is 0 Å². The fourth-order valence-electron chi connectivity index (χ4n) is 6.04. The maximum absolute atomic E-state index is 13.6. The average molecular weight is 582 g/mol. The molecule has 232 valence electrons. The van der Waals surface area contributed by atoms with Crippen molar-refractivity contribution < 1.29 is 24.2 Å². The van der Waals surface area contributed by atoms with Crippen molar-refractivity contribution in [1.29, 1.82) is 0 Å². The number of carboxylic acids is 1. The first-order valence-electron chi connectivity index (χ1n) is 15.1. The summed E-state index contributed by atoms with van der Waals surface area (Å²) >= 11 is 0. The smallest absolute Gasteiger partial charge is 0.304 e. The number of rotatable bonds is 15. The molecule has 3 rings (SSSR count). The average Bonchev–Trinajstić information content (AvgIpc) is 2.98. The van der Waals surface area contributed by atoms with E-state index in [1.807, 2.05) is 41.3 Å². The van der Waals surface area contributed by atoms with Gasteiger partial charge in [0.2, 0.25) is 5.91 Å². The molecule has 8 heteroatoms. The Balaban J connectivity index is 1.64. The van der Waals surface area contributed by atoms with E-state index in [0.29, 0.717) is 39.3 Å². The van der Waals surface area contributed by atoms with Gasteiger partial charge in [-0.25, -0.2) is 4.98 Å². The molecule has 2 N–H and O–H groups in total. The molecule has 8 nitrogen and oxygen atoms in total. The van der Waals surface area contributed by atoms with Gasteiger partial charge in [0.05, 0.1) is 32.2 Å². The number of pyridine rings is 1. The maximum Gasteiger partial charge on any atom is 0.304 e. The number of nitrogens with zero attached hydrogens (tertiary/aromatic N) is 2. The first-order valence-corrected chi connectivity index (χ1v) is 15.1. The van der Waals surface area contributed by atoms with Gasteiger partial charge in [-0.1, -0.05) is 60.6 Å². The minimum absolute atomic E-state index is 0.0448. The zero-order chi connectivity index (χ0) is 31.0. The van der Waals surface area contributed by atoms with E-state index in [-0.39, 0.29) is 28.6 Å². The second-order valence-electron chi connectivity index (χ2n) is 14.5. The molecule has 1 amide bonds. The van der Waals surface area contributed by atoms with Crippen LogP contribution in [0.1, 0.15) is 78.9 Å². The van der Waals surface area contributed by atoms with Crippen LogP contribution in [-0.2, 0) is 27.3 Å². The highest BCUT2D eigenvalue weighted by Crippen LogP contribution is 2.34. The first-order chi connectivity index (χ1) is 19.6. The van der Waals surface area contributed by atoms with Crippen LogP contribution in [0.5, 0.6) is 5.75 Å². The number of benzene rings is 1. The molecule has 2 heterocycles. The molecule has 2 aromatic rings. The SMILES string of the molecule is CC(C)(C)CC(C)(C)COCC(C)(C)CN1Cc2cc(OCCCNc3ccccn3)ccc2C[C@@H](CC(=O)O)C1=O. The number of amides is 1. The van der Waals surface area contributed by atoms with E-state index in [4.69, 9.17) is 9.47 Å². The van der Waals surface area contributed by atoms with Crippen LogP contribution in [-0.4, -0.2) is 59.8 Å². The van der Waals surface area contributed by atoms with Crippen LogP contribution >= 0.6 is 0 Å². The molecule has 0 saturated heterocycles. The Morgan fingerprint density at radius 3 is 2.45 bits per heavy atom. The predicted molar refractivity (Wildman–Crippen MR) is 167 cm³/mol. The Morgan fingerprint density at radius 2 is 1.79 bits per heavy atom. The normalized spacial score (nSPS) is 16.1. The Morgan fingerprint density at radius 1 is 1.05 bits per heavy atom. The largest absolute Gasteiger partial charge is 0.494 e. The lowest BCUT2D eigenvalue weighted by molar-refractivity contribution is -0.145. The van der Waals surface area contributed by atoms with Crippen LogP contribution in [0.3, 0.4) is 0 Å². The fourth-order valence-corrected chi connectivity index (χ4v) is 6.04. The number of hydrogen-bond donors (Lipinski definition) is 2. The topological polar surface area (TPSA) is 101 Å². The van der Waals surface area contributed by atoms with Gasteiger partial charge in [-0.2, -0.15) is 0 Å². The number of fused-ring (bicyclic) bond motifs is 1. The van der Waals surface area contributed by atoms with Crippen molar-refractivity contribution in [2.75, 3.05) is 38.2 Å². The highest BCUT2D eigenvalue weighted by Gasteiger charge is 2.35. The third-order valence-electron chi connectivity index (χ3n) is 7.26. The summed E-state index contributed by atoms with van der Waals surface area (Å²) in [6.45, 7) is 18.7. The van der Waals surface area contributed by atoms with Crippen LogP contribution in [0.4, 0.5) is 5.82 Å². The van der Waals surface area contributed by atoms with Crippen molar-refractivity contribution in [2.45, 2.75) is 80.7 Å². The molecule has 0 radical (unpaired) electrons. The Labute approximate surface area is 252 Å². The van der Waals surface area contributed by atoms with Gasteiger partial charge in [-0.05, 0) is 65.5 Å². The Kier molecular flexibility index (Phi) is 11.4. The lowest BCUT2D eigenvalue weighted by Gasteiger charge is -2.36. The maximum atomic E-state index is 13.6. The summed E-state index contributed by atoms with van der Waals surface area (Å²) in [5, 5.41) is 12.8. The van der Waals surface area contributed by atoms with E-state index >= 15 is 0 Å². The third kappa shape index (κ3) is 11.3. The van der Waals surface area contributed by atoms with Crippen LogP contribution < -0.4 is 10.1 Å². The van der Waals surface area contributed by atoms with Gasteiger partial charge in [0.25, 0.3) is 0 Å². The summed E-state index contributed by atoms with van der Waals surface area (Å²) in [5.74, 6) is -0.0855. The number of anilines is 1. The summed E-state index contributed by atoms with van der Waals surface area (Å²) < 4.78 is 12.3. The zero-order valence-electron chi connectivity index (χ0n) is 26.7. The van der Waals surface area contributed by atoms with Crippen molar-refractivity contribution in [1.82, 2.24) is 9.88 Å². The zero-order valence-corrected chi connectivity index (χ0v) is 26.7.